The highest BCUT2D eigenvalue weighted by molar-refractivity contribution is 5.92. The predicted molar refractivity (Wildman–Crippen MR) is 76.0 cm³/mol. The van der Waals surface area contributed by atoms with E-state index in [1.54, 1.807) is 0 Å². The summed E-state index contributed by atoms with van der Waals surface area (Å²) in [6.45, 7) is 2.65. The van der Waals surface area contributed by atoms with E-state index in [9.17, 15) is 9.18 Å². The van der Waals surface area contributed by atoms with E-state index < -0.39 is 5.95 Å². The molecule has 0 aliphatic rings. The van der Waals surface area contributed by atoms with Crippen LogP contribution >= 0.6 is 0 Å². The van der Waals surface area contributed by atoms with Gasteiger partial charge in [0, 0.05) is 6.54 Å². The van der Waals surface area contributed by atoms with Crippen molar-refractivity contribution in [1.29, 1.82) is 0 Å². The topological polar surface area (TPSA) is 42.0 Å². The van der Waals surface area contributed by atoms with Gasteiger partial charge in [-0.3, -0.25) is 4.79 Å². The average Bonchev–Trinajstić information content (AvgIpc) is 2.48. The van der Waals surface area contributed by atoms with Crippen LogP contribution in [0.3, 0.4) is 0 Å². The van der Waals surface area contributed by atoms with Gasteiger partial charge in [0.2, 0.25) is 5.95 Å². The van der Waals surface area contributed by atoms with Gasteiger partial charge < -0.3 is 5.32 Å². The summed E-state index contributed by atoms with van der Waals surface area (Å²) in [5, 5.41) is 2.76. The van der Waals surface area contributed by atoms with E-state index in [1.165, 1.54) is 23.8 Å². The Balaban J connectivity index is 1.83. The Labute approximate surface area is 117 Å². The number of nitrogens with one attached hydrogen (secondary N) is 1. The van der Waals surface area contributed by atoms with Gasteiger partial charge >= 0.3 is 0 Å². The zero-order valence-electron chi connectivity index (χ0n) is 11.3. The van der Waals surface area contributed by atoms with Crippen molar-refractivity contribution in [2.75, 3.05) is 6.54 Å². The molecule has 4 heteroatoms. The molecule has 1 amide bonds. The monoisotopic (exact) mass is 272 g/mol. The summed E-state index contributed by atoms with van der Waals surface area (Å²) in [5.74, 6) is -0.628. The molecule has 0 radical (unpaired) electrons. The summed E-state index contributed by atoms with van der Waals surface area (Å²) in [6.07, 6.45) is 0.824. The molecular formula is C16H17FN2O. The lowest BCUT2D eigenvalue weighted by molar-refractivity contribution is 0.0946. The van der Waals surface area contributed by atoms with Crippen LogP contribution in [-0.2, 0) is 0 Å². The second-order valence-electron chi connectivity index (χ2n) is 4.70. The fourth-order valence-corrected chi connectivity index (χ4v) is 1.98. The summed E-state index contributed by atoms with van der Waals surface area (Å²) in [4.78, 5) is 15.3. The van der Waals surface area contributed by atoms with E-state index >= 15 is 0 Å². The van der Waals surface area contributed by atoms with Gasteiger partial charge in [0.1, 0.15) is 5.69 Å². The molecule has 3 nitrogen and oxygen atoms in total. The Morgan fingerprint density at radius 1 is 1.20 bits per heavy atom. The summed E-state index contributed by atoms with van der Waals surface area (Å²) in [5.41, 5.74) is 1.35. The molecule has 1 aromatic carbocycles. The number of amides is 1. The van der Waals surface area contributed by atoms with Gasteiger partial charge in [-0.15, -0.1) is 0 Å². The Morgan fingerprint density at radius 3 is 2.65 bits per heavy atom. The number of nitrogens with zero attached hydrogens (tertiary/aromatic N) is 1. The molecule has 1 unspecified atom stereocenters. The number of benzene rings is 1. The van der Waals surface area contributed by atoms with Crippen molar-refractivity contribution in [3.63, 3.8) is 0 Å². The number of hydrogen-bond donors (Lipinski definition) is 1. The van der Waals surface area contributed by atoms with Crippen LogP contribution in [0.4, 0.5) is 4.39 Å². The molecule has 2 rings (SSSR count). The van der Waals surface area contributed by atoms with Gasteiger partial charge in [0.05, 0.1) is 0 Å². The van der Waals surface area contributed by atoms with Crippen LogP contribution in [0.1, 0.15) is 35.3 Å². The van der Waals surface area contributed by atoms with Crippen molar-refractivity contribution in [2.45, 2.75) is 19.3 Å². The first-order chi connectivity index (χ1) is 9.66. The normalized spacial score (nSPS) is 11.9. The predicted octanol–water partition coefficient (Wildman–Crippen LogP) is 3.14. The van der Waals surface area contributed by atoms with Crippen molar-refractivity contribution in [1.82, 2.24) is 10.3 Å². The molecule has 0 aliphatic carbocycles. The molecule has 0 bridgehead atoms. The van der Waals surface area contributed by atoms with Crippen molar-refractivity contribution in [2.24, 2.45) is 0 Å². The maximum Gasteiger partial charge on any atom is 0.269 e. The Hall–Kier alpha value is -2.23. The Bertz CT molecular complexity index is 572. The van der Waals surface area contributed by atoms with Crippen LogP contribution in [0, 0.1) is 5.95 Å². The summed E-state index contributed by atoms with van der Waals surface area (Å²) >= 11 is 0. The molecule has 1 aromatic heterocycles. The number of pyridine rings is 1. The highest BCUT2D eigenvalue weighted by Gasteiger charge is 2.09. The summed E-state index contributed by atoms with van der Waals surface area (Å²) < 4.78 is 12.9. The molecule has 0 saturated carbocycles. The molecular weight excluding hydrogens is 255 g/mol. The Kier molecular flexibility index (Phi) is 4.82. The molecule has 1 atom stereocenters. The zero-order chi connectivity index (χ0) is 14.4. The molecule has 0 fully saturated rings. The largest absolute Gasteiger partial charge is 0.351 e. The Morgan fingerprint density at radius 2 is 1.95 bits per heavy atom. The maximum absolute atomic E-state index is 12.9. The van der Waals surface area contributed by atoms with Crippen LogP contribution in [0.5, 0.6) is 0 Å². The molecule has 0 saturated heterocycles. The highest BCUT2D eigenvalue weighted by atomic mass is 19.1. The lowest BCUT2D eigenvalue weighted by atomic mass is 9.98. The van der Waals surface area contributed by atoms with Crippen molar-refractivity contribution in [3.8, 4) is 0 Å². The number of carbonyl (C=O) groups is 1. The number of hydrogen-bond acceptors (Lipinski definition) is 2. The zero-order valence-corrected chi connectivity index (χ0v) is 11.3. The standard InChI is InChI=1S/C16H17FN2O/c1-12(13-6-3-2-4-7-13)10-11-18-16(20)14-8-5-9-15(17)19-14/h2-9,12H,10-11H2,1H3,(H,18,20). The van der Waals surface area contributed by atoms with Crippen LogP contribution in [0.15, 0.2) is 48.5 Å². The molecule has 2 aromatic rings. The first kappa shape index (κ1) is 14.2. The van der Waals surface area contributed by atoms with Gasteiger partial charge in [-0.25, -0.2) is 4.98 Å². The van der Waals surface area contributed by atoms with E-state index in [2.05, 4.69) is 29.4 Å². The molecule has 1 heterocycles. The van der Waals surface area contributed by atoms with E-state index in [4.69, 9.17) is 0 Å². The second-order valence-corrected chi connectivity index (χ2v) is 4.70. The number of aromatic nitrogens is 1. The lowest BCUT2D eigenvalue weighted by Gasteiger charge is -2.12. The SMILES string of the molecule is CC(CCNC(=O)c1cccc(F)n1)c1ccccc1. The number of carbonyl (C=O) groups excluding carboxylic acids is 1. The molecule has 20 heavy (non-hydrogen) atoms. The van der Waals surface area contributed by atoms with Gasteiger partial charge in [-0.2, -0.15) is 4.39 Å². The molecule has 0 spiro atoms. The second kappa shape index (κ2) is 6.80. The minimum Gasteiger partial charge on any atom is -0.351 e. The fourth-order valence-electron chi connectivity index (χ4n) is 1.98. The van der Waals surface area contributed by atoms with Crippen LogP contribution < -0.4 is 5.32 Å². The van der Waals surface area contributed by atoms with E-state index in [0.29, 0.717) is 12.5 Å². The molecule has 1 N–H and O–H groups in total. The minimum atomic E-state index is -0.643. The van der Waals surface area contributed by atoms with Gasteiger partial charge in [0.15, 0.2) is 0 Å². The first-order valence-corrected chi connectivity index (χ1v) is 6.62. The van der Waals surface area contributed by atoms with E-state index in [1.807, 2.05) is 18.2 Å². The summed E-state index contributed by atoms with van der Waals surface area (Å²) in [7, 11) is 0. The van der Waals surface area contributed by atoms with Crippen LogP contribution in [0.25, 0.3) is 0 Å². The third-order valence-corrected chi connectivity index (χ3v) is 3.18. The molecule has 104 valence electrons. The smallest absolute Gasteiger partial charge is 0.269 e. The first-order valence-electron chi connectivity index (χ1n) is 6.62. The lowest BCUT2D eigenvalue weighted by Crippen LogP contribution is -2.26. The number of halogens is 1. The van der Waals surface area contributed by atoms with Crippen molar-refractivity contribution >= 4 is 5.91 Å². The van der Waals surface area contributed by atoms with Crippen LogP contribution in [-0.4, -0.2) is 17.4 Å². The maximum atomic E-state index is 12.9. The highest BCUT2D eigenvalue weighted by Crippen LogP contribution is 2.17. The summed E-state index contributed by atoms with van der Waals surface area (Å²) in [6, 6.07) is 14.3. The third-order valence-electron chi connectivity index (χ3n) is 3.18. The molecule has 0 aliphatic heterocycles. The average molecular weight is 272 g/mol. The van der Waals surface area contributed by atoms with Crippen molar-refractivity contribution < 1.29 is 9.18 Å². The van der Waals surface area contributed by atoms with Gasteiger partial charge in [-0.05, 0) is 30.0 Å². The fraction of sp³-hybridized carbons (Fsp3) is 0.250. The minimum absolute atomic E-state index is 0.109. The van der Waals surface area contributed by atoms with Gasteiger partial charge in [-0.1, -0.05) is 43.3 Å². The van der Waals surface area contributed by atoms with E-state index in [0.717, 1.165) is 6.42 Å². The third kappa shape index (κ3) is 3.88. The quantitative estimate of drug-likeness (QED) is 0.850. The van der Waals surface area contributed by atoms with E-state index in [-0.39, 0.29) is 11.6 Å². The van der Waals surface area contributed by atoms with Gasteiger partial charge in [0.25, 0.3) is 5.91 Å². The van der Waals surface area contributed by atoms with Crippen molar-refractivity contribution in [3.05, 3.63) is 65.7 Å². The number of rotatable bonds is 5. The van der Waals surface area contributed by atoms with Crippen LogP contribution in [0.2, 0.25) is 0 Å².